The molecule has 8 heteroatoms. The monoisotopic (exact) mass is 261 g/mol. The molecular formula is C10H19N3O5. The number of carbonyl (C=O) groups is 3. The van der Waals surface area contributed by atoms with Gasteiger partial charge in [-0.15, -0.1) is 0 Å². The fourth-order valence-electron chi connectivity index (χ4n) is 1.29. The summed E-state index contributed by atoms with van der Waals surface area (Å²) in [6.07, 6.45) is 0.197. The van der Waals surface area contributed by atoms with E-state index in [4.69, 9.17) is 15.9 Å². The predicted molar refractivity (Wildman–Crippen MR) is 63.1 cm³/mol. The van der Waals surface area contributed by atoms with Crippen LogP contribution < -0.4 is 16.4 Å². The van der Waals surface area contributed by atoms with Crippen molar-refractivity contribution < 1.29 is 24.6 Å². The number of rotatable bonds is 8. The third-order valence-electron chi connectivity index (χ3n) is 2.29. The van der Waals surface area contributed by atoms with Gasteiger partial charge in [-0.25, -0.2) is 4.79 Å². The van der Waals surface area contributed by atoms with E-state index in [1.165, 1.54) is 6.92 Å². The third kappa shape index (κ3) is 6.69. The molecule has 0 aliphatic carbocycles. The lowest BCUT2D eigenvalue weighted by Gasteiger charge is -2.18. The average molecular weight is 261 g/mol. The van der Waals surface area contributed by atoms with E-state index < -0.39 is 30.1 Å². The van der Waals surface area contributed by atoms with Crippen molar-refractivity contribution in [1.82, 2.24) is 10.6 Å². The first kappa shape index (κ1) is 16.2. The first-order chi connectivity index (χ1) is 8.38. The van der Waals surface area contributed by atoms with Gasteiger partial charge in [0.05, 0.1) is 0 Å². The van der Waals surface area contributed by atoms with Crippen molar-refractivity contribution in [3.8, 4) is 0 Å². The molecule has 0 aliphatic heterocycles. The molecule has 8 nitrogen and oxygen atoms in total. The van der Waals surface area contributed by atoms with Crippen LogP contribution in [-0.2, 0) is 9.59 Å². The summed E-state index contributed by atoms with van der Waals surface area (Å²) in [5, 5.41) is 21.5. The smallest absolute Gasteiger partial charge is 0.405 e. The molecular weight excluding hydrogens is 242 g/mol. The van der Waals surface area contributed by atoms with Gasteiger partial charge in [0, 0.05) is 0 Å². The summed E-state index contributed by atoms with van der Waals surface area (Å²) < 4.78 is 0. The van der Waals surface area contributed by atoms with Gasteiger partial charge in [0.2, 0.25) is 5.91 Å². The summed E-state index contributed by atoms with van der Waals surface area (Å²) in [5.41, 5.74) is 5.30. The van der Waals surface area contributed by atoms with Gasteiger partial charge in [-0.1, -0.05) is 0 Å². The Bertz CT molecular complexity index is 308. The first-order valence-electron chi connectivity index (χ1n) is 5.61. The van der Waals surface area contributed by atoms with Crippen LogP contribution in [0.25, 0.3) is 0 Å². The van der Waals surface area contributed by atoms with E-state index in [0.717, 1.165) is 0 Å². The number of unbranched alkanes of at least 4 members (excludes halogenated alkanes) is 1. The van der Waals surface area contributed by atoms with Crippen LogP contribution in [0.15, 0.2) is 0 Å². The summed E-state index contributed by atoms with van der Waals surface area (Å²) in [6, 6.07) is -2.03. The molecule has 0 fully saturated rings. The topological polar surface area (TPSA) is 142 Å². The van der Waals surface area contributed by atoms with E-state index in [2.05, 4.69) is 10.6 Å². The number of carbonyl (C=O) groups excluding carboxylic acids is 1. The minimum atomic E-state index is -1.33. The molecule has 0 bridgehead atoms. The number of nitrogens with two attached hydrogens (primary N) is 1. The second kappa shape index (κ2) is 8.29. The van der Waals surface area contributed by atoms with Gasteiger partial charge in [-0.3, -0.25) is 9.59 Å². The zero-order valence-corrected chi connectivity index (χ0v) is 10.2. The quantitative estimate of drug-likeness (QED) is 0.367. The predicted octanol–water partition coefficient (Wildman–Crippen LogP) is -0.659. The maximum absolute atomic E-state index is 11.7. The summed E-state index contributed by atoms with van der Waals surface area (Å²) >= 11 is 0. The Morgan fingerprint density at radius 2 is 1.78 bits per heavy atom. The van der Waals surface area contributed by atoms with Gasteiger partial charge >= 0.3 is 12.1 Å². The van der Waals surface area contributed by atoms with E-state index in [1.807, 2.05) is 0 Å². The van der Waals surface area contributed by atoms with Crippen LogP contribution in [0.3, 0.4) is 0 Å². The van der Waals surface area contributed by atoms with Crippen molar-refractivity contribution in [2.75, 3.05) is 6.54 Å². The summed E-state index contributed by atoms with van der Waals surface area (Å²) in [4.78, 5) is 32.8. The van der Waals surface area contributed by atoms with Crippen molar-refractivity contribution >= 4 is 18.0 Å². The van der Waals surface area contributed by atoms with Crippen LogP contribution in [0.4, 0.5) is 4.79 Å². The molecule has 18 heavy (non-hydrogen) atoms. The number of carboxylic acids is 1. The van der Waals surface area contributed by atoms with Gasteiger partial charge in [-0.2, -0.15) is 0 Å². The fraction of sp³-hybridized carbons (Fsp3) is 0.700. The number of hydrogen-bond donors (Lipinski definition) is 5. The normalized spacial score (nSPS) is 13.4. The number of hydrogen-bond acceptors (Lipinski definition) is 4. The molecule has 2 amide bonds. The van der Waals surface area contributed by atoms with Crippen molar-refractivity contribution in [3.05, 3.63) is 0 Å². The second-order valence-corrected chi connectivity index (χ2v) is 3.86. The number of carboxylic acid groups (broad SMARTS) is 2. The molecule has 6 N–H and O–H groups in total. The van der Waals surface area contributed by atoms with Gasteiger partial charge in [-0.05, 0) is 32.7 Å². The van der Waals surface area contributed by atoms with E-state index >= 15 is 0 Å². The molecule has 0 aromatic carbocycles. The second-order valence-electron chi connectivity index (χ2n) is 3.86. The Morgan fingerprint density at radius 3 is 2.22 bits per heavy atom. The highest BCUT2D eigenvalue weighted by atomic mass is 16.4. The highest BCUT2D eigenvalue weighted by Crippen LogP contribution is 2.01. The number of nitrogens with one attached hydrogen (secondary N) is 2. The van der Waals surface area contributed by atoms with Crippen LogP contribution >= 0.6 is 0 Å². The molecule has 0 unspecified atom stereocenters. The molecule has 0 radical (unpaired) electrons. The standard InChI is InChI=1S/C10H19N3O5/c1-6(9(15)16)12-8(14)7(13-10(17)18)4-2-3-5-11/h6-7,13H,2-5,11H2,1H3,(H,12,14)(H,15,16)(H,17,18)/t6-,7+/m1/s1. The van der Waals surface area contributed by atoms with Crippen LogP contribution in [0.5, 0.6) is 0 Å². The summed E-state index contributed by atoms with van der Waals surface area (Å²) in [5.74, 6) is -1.83. The molecule has 0 heterocycles. The summed E-state index contributed by atoms with van der Waals surface area (Å²) in [7, 11) is 0. The molecule has 0 saturated carbocycles. The molecule has 0 aromatic heterocycles. The van der Waals surface area contributed by atoms with E-state index in [9.17, 15) is 14.4 Å². The van der Waals surface area contributed by atoms with Crippen molar-refractivity contribution in [3.63, 3.8) is 0 Å². The maximum Gasteiger partial charge on any atom is 0.405 e. The molecule has 2 atom stereocenters. The lowest BCUT2D eigenvalue weighted by atomic mass is 10.1. The Hall–Kier alpha value is -1.83. The Labute approximate surface area is 105 Å². The SMILES string of the molecule is C[C@@H](NC(=O)[C@H](CCCCN)NC(=O)O)C(=O)O. The number of aliphatic carboxylic acids is 1. The van der Waals surface area contributed by atoms with Gasteiger partial charge in [0.25, 0.3) is 0 Å². The zero-order chi connectivity index (χ0) is 14.1. The van der Waals surface area contributed by atoms with Gasteiger partial charge in [0.15, 0.2) is 0 Å². The first-order valence-corrected chi connectivity index (χ1v) is 5.61. The Balaban J connectivity index is 4.38. The lowest BCUT2D eigenvalue weighted by molar-refractivity contribution is -0.141. The van der Waals surface area contributed by atoms with E-state index in [1.54, 1.807) is 0 Å². The van der Waals surface area contributed by atoms with Crippen LogP contribution in [0, 0.1) is 0 Å². The molecule has 0 saturated heterocycles. The zero-order valence-electron chi connectivity index (χ0n) is 10.2. The highest BCUT2D eigenvalue weighted by Gasteiger charge is 2.23. The van der Waals surface area contributed by atoms with Gasteiger partial charge in [0.1, 0.15) is 12.1 Å². The van der Waals surface area contributed by atoms with E-state index in [-0.39, 0.29) is 6.42 Å². The average Bonchev–Trinajstić information content (AvgIpc) is 2.27. The van der Waals surface area contributed by atoms with Crippen molar-refractivity contribution in [1.29, 1.82) is 0 Å². The highest BCUT2D eigenvalue weighted by molar-refractivity contribution is 5.88. The Kier molecular flexibility index (Phi) is 7.45. The van der Waals surface area contributed by atoms with Gasteiger partial charge < -0.3 is 26.6 Å². The fourth-order valence-corrected chi connectivity index (χ4v) is 1.29. The van der Waals surface area contributed by atoms with E-state index in [0.29, 0.717) is 19.4 Å². The molecule has 0 aromatic rings. The molecule has 0 aliphatic rings. The van der Waals surface area contributed by atoms with Crippen LogP contribution in [0.1, 0.15) is 26.2 Å². The van der Waals surface area contributed by atoms with Crippen LogP contribution in [-0.4, -0.2) is 46.8 Å². The molecule has 0 spiro atoms. The minimum absolute atomic E-state index is 0.279. The Morgan fingerprint density at radius 1 is 1.17 bits per heavy atom. The number of amides is 2. The van der Waals surface area contributed by atoms with Crippen molar-refractivity contribution in [2.24, 2.45) is 5.73 Å². The molecule has 104 valence electrons. The lowest BCUT2D eigenvalue weighted by Crippen LogP contribution is -2.50. The van der Waals surface area contributed by atoms with Crippen LogP contribution in [0.2, 0.25) is 0 Å². The minimum Gasteiger partial charge on any atom is -0.480 e. The van der Waals surface area contributed by atoms with Crippen molar-refractivity contribution in [2.45, 2.75) is 38.3 Å². The molecule has 0 rings (SSSR count). The summed E-state index contributed by atoms with van der Waals surface area (Å²) in [6.45, 7) is 1.75. The maximum atomic E-state index is 11.7. The third-order valence-corrected chi connectivity index (χ3v) is 2.29. The largest absolute Gasteiger partial charge is 0.480 e.